The van der Waals surface area contributed by atoms with E-state index in [1.807, 2.05) is 0 Å². The summed E-state index contributed by atoms with van der Waals surface area (Å²) < 4.78 is 4.65. The van der Waals surface area contributed by atoms with Gasteiger partial charge in [0.1, 0.15) is 0 Å². The summed E-state index contributed by atoms with van der Waals surface area (Å²) in [6.45, 7) is 0. The molecule has 2 atom stereocenters. The zero-order valence-electron chi connectivity index (χ0n) is 14.1. The van der Waals surface area contributed by atoms with Gasteiger partial charge in [0.25, 0.3) is 0 Å². The van der Waals surface area contributed by atoms with Gasteiger partial charge in [0.2, 0.25) is 5.82 Å². The quantitative estimate of drug-likeness (QED) is 0.500. The standard InChI is InChI=1S/C16H22N4O4/c1-19(2)13-9-12(16(13)7-4-8-16)18-14-11(20(22)23)6-5-10(17-14)15(21)24-3/h5-6,12-13H,4,7-9H2,1-3H3,(H,17,18). The molecule has 0 radical (unpaired) electrons. The van der Waals surface area contributed by atoms with Gasteiger partial charge < -0.3 is 15.0 Å². The zero-order chi connectivity index (χ0) is 17.5. The van der Waals surface area contributed by atoms with Crippen molar-refractivity contribution >= 4 is 17.5 Å². The Balaban J connectivity index is 1.86. The number of aromatic nitrogens is 1. The van der Waals surface area contributed by atoms with Gasteiger partial charge in [0.15, 0.2) is 5.69 Å². The summed E-state index contributed by atoms with van der Waals surface area (Å²) in [5.41, 5.74) is 0.0995. The van der Waals surface area contributed by atoms with Gasteiger partial charge in [-0.3, -0.25) is 10.1 Å². The molecule has 3 rings (SSSR count). The Bertz CT molecular complexity index is 672. The van der Waals surface area contributed by atoms with E-state index in [9.17, 15) is 14.9 Å². The molecular weight excluding hydrogens is 312 g/mol. The van der Waals surface area contributed by atoms with Crippen molar-refractivity contribution in [1.29, 1.82) is 0 Å². The highest BCUT2D eigenvalue weighted by Crippen LogP contribution is 2.58. The Labute approximate surface area is 140 Å². The molecule has 8 nitrogen and oxygen atoms in total. The molecule has 0 saturated heterocycles. The number of nitrogens with one attached hydrogen (secondary N) is 1. The van der Waals surface area contributed by atoms with Gasteiger partial charge in [0.05, 0.1) is 12.0 Å². The summed E-state index contributed by atoms with van der Waals surface area (Å²) in [6, 6.07) is 3.23. The average molecular weight is 334 g/mol. The van der Waals surface area contributed by atoms with E-state index in [-0.39, 0.29) is 28.7 Å². The molecule has 8 heteroatoms. The highest BCUT2D eigenvalue weighted by Gasteiger charge is 2.59. The molecule has 2 saturated carbocycles. The van der Waals surface area contributed by atoms with Crippen LogP contribution < -0.4 is 5.32 Å². The number of rotatable bonds is 5. The molecule has 1 aromatic heterocycles. The second-order valence-electron chi connectivity index (χ2n) is 6.81. The van der Waals surface area contributed by atoms with Gasteiger partial charge in [0, 0.05) is 23.6 Å². The van der Waals surface area contributed by atoms with Crippen LogP contribution in [0.5, 0.6) is 0 Å². The van der Waals surface area contributed by atoms with Crippen LogP contribution in [0.3, 0.4) is 0 Å². The monoisotopic (exact) mass is 334 g/mol. The average Bonchev–Trinajstić information content (AvgIpc) is 2.47. The van der Waals surface area contributed by atoms with Gasteiger partial charge in [-0.15, -0.1) is 0 Å². The third-order valence-electron chi connectivity index (χ3n) is 5.50. The van der Waals surface area contributed by atoms with Crippen LogP contribution in [0.2, 0.25) is 0 Å². The van der Waals surface area contributed by atoms with Crippen molar-refractivity contribution in [3.8, 4) is 0 Å². The SMILES string of the molecule is COC(=O)c1ccc([N+](=O)[O-])c(NC2CC(N(C)C)C23CCC3)n1. The number of esters is 1. The number of pyridine rings is 1. The van der Waals surface area contributed by atoms with E-state index in [0.717, 1.165) is 19.3 Å². The number of carbonyl (C=O) groups excluding carboxylic acids is 1. The van der Waals surface area contributed by atoms with Crippen molar-refractivity contribution < 1.29 is 14.5 Å². The number of hydrogen-bond acceptors (Lipinski definition) is 7. The summed E-state index contributed by atoms with van der Waals surface area (Å²) >= 11 is 0. The van der Waals surface area contributed by atoms with Crippen LogP contribution in [-0.2, 0) is 4.74 Å². The second-order valence-corrected chi connectivity index (χ2v) is 6.81. The van der Waals surface area contributed by atoms with Gasteiger partial charge in [-0.1, -0.05) is 6.42 Å². The van der Waals surface area contributed by atoms with E-state index >= 15 is 0 Å². The number of ether oxygens (including phenoxy) is 1. The van der Waals surface area contributed by atoms with Gasteiger partial charge in [-0.05, 0) is 39.4 Å². The number of methoxy groups -OCH3 is 1. The topological polar surface area (TPSA) is 97.6 Å². The summed E-state index contributed by atoms with van der Waals surface area (Å²) in [4.78, 5) is 28.8. The smallest absolute Gasteiger partial charge is 0.356 e. The first-order chi connectivity index (χ1) is 11.4. The molecule has 0 bridgehead atoms. The largest absolute Gasteiger partial charge is 0.464 e. The number of nitrogens with zero attached hydrogens (tertiary/aromatic N) is 3. The van der Waals surface area contributed by atoms with Crippen LogP contribution in [0.15, 0.2) is 12.1 Å². The lowest BCUT2D eigenvalue weighted by molar-refractivity contribution is -0.384. The fraction of sp³-hybridized carbons (Fsp3) is 0.625. The van der Waals surface area contributed by atoms with Crippen molar-refractivity contribution in [3.05, 3.63) is 27.9 Å². The minimum Gasteiger partial charge on any atom is -0.464 e. The van der Waals surface area contributed by atoms with Crippen LogP contribution in [-0.4, -0.2) is 54.1 Å². The third-order valence-corrected chi connectivity index (χ3v) is 5.50. The first-order valence-electron chi connectivity index (χ1n) is 8.06. The molecule has 1 aromatic rings. The van der Waals surface area contributed by atoms with Crippen LogP contribution >= 0.6 is 0 Å². The summed E-state index contributed by atoms with van der Waals surface area (Å²) in [5.74, 6) is -0.456. The first kappa shape index (κ1) is 16.6. The second kappa shape index (κ2) is 6.01. The van der Waals surface area contributed by atoms with Crippen LogP contribution in [0.25, 0.3) is 0 Å². The number of hydrogen-bond donors (Lipinski definition) is 1. The van der Waals surface area contributed by atoms with Crippen LogP contribution in [0.1, 0.15) is 36.2 Å². The van der Waals surface area contributed by atoms with Crippen LogP contribution in [0.4, 0.5) is 11.5 Å². The maximum absolute atomic E-state index is 11.7. The molecule has 1 heterocycles. The molecule has 24 heavy (non-hydrogen) atoms. The molecule has 1 N–H and O–H groups in total. The Morgan fingerprint density at radius 3 is 2.67 bits per heavy atom. The highest BCUT2D eigenvalue weighted by atomic mass is 16.6. The number of nitro groups is 1. The molecule has 2 unspecified atom stereocenters. The molecule has 2 aliphatic rings. The van der Waals surface area contributed by atoms with Crippen molar-refractivity contribution in [2.75, 3.05) is 26.5 Å². The lowest BCUT2D eigenvalue weighted by atomic mass is 9.49. The van der Waals surface area contributed by atoms with E-state index in [2.05, 4.69) is 34.0 Å². The Morgan fingerprint density at radius 2 is 2.17 bits per heavy atom. The molecular formula is C16H22N4O4. The first-order valence-corrected chi connectivity index (χ1v) is 8.06. The zero-order valence-corrected chi connectivity index (χ0v) is 14.1. The van der Waals surface area contributed by atoms with E-state index < -0.39 is 10.9 Å². The third kappa shape index (κ3) is 2.50. The molecule has 2 fully saturated rings. The molecule has 0 aromatic carbocycles. The Kier molecular flexibility index (Phi) is 4.16. The van der Waals surface area contributed by atoms with E-state index in [0.29, 0.717) is 6.04 Å². The number of anilines is 1. The Morgan fingerprint density at radius 1 is 1.46 bits per heavy atom. The predicted molar refractivity (Wildman–Crippen MR) is 88.0 cm³/mol. The molecule has 2 aliphatic carbocycles. The normalized spacial score (nSPS) is 24.2. The van der Waals surface area contributed by atoms with E-state index in [1.54, 1.807) is 0 Å². The fourth-order valence-electron chi connectivity index (χ4n) is 4.05. The molecule has 0 amide bonds. The summed E-state index contributed by atoms with van der Waals surface area (Å²) in [6.07, 6.45) is 4.31. The van der Waals surface area contributed by atoms with Crippen LogP contribution in [0, 0.1) is 15.5 Å². The molecule has 1 spiro atoms. The number of carbonyl (C=O) groups is 1. The maximum Gasteiger partial charge on any atom is 0.356 e. The molecule has 130 valence electrons. The van der Waals surface area contributed by atoms with Gasteiger partial charge in [-0.25, -0.2) is 9.78 Å². The Hall–Kier alpha value is -2.22. The minimum absolute atomic E-state index is 0.0664. The van der Waals surface area contributed by atoms with E-state index in [1.165, 1.54) is 25.7 Å². The predicted octanol–water partition coefficient (Wildman–Crippen LogP) is 2.06. The summed E-state index contributed by atoms with van der Waals surface area (Å²) in [5, 5.41) is 14.5. The highest BCUT2D eigenvalue weighted by molar-refractivity contribution is 5.88. The maximum atomic E-state index is 11.7. The van der Waals surface area contributed by atoms with Crippen molar-refractivity contribution in [1.82, 2.24) is 9.88 Å². The van der Waals surface area contributed by atoms with E-state index in [4.69, 9.17) is 0 Å². The van der Waals surface area contributed by atoms with Crippen molar-refractivity contribution in [2.24, 2.45) is 5.41 Å². The lowest BCUT2D eigenvalue weighted by Crippen LogP contribution is -2.68. The van der Waals surface area contributed by atoms with Crippen molar-refractivity contribution in [3.63, 3.8) is 0 Å². The van der Waals surface area contributed by atoms with Crippen molar-refractivity contribution in [2.45, 2.75) is 37.8 Å². The lowest BCUT2D eigenvalue weighted by Gasteiger charge is -2.63. The summed E-state index contributed by atoms with van der Waals surface area (Å²) in [7, 11) is 5.40. The minimum atomic E-state index is -0.605. The van der Waals surface area contributed by atoms with Gasteiger partial charge >= 0.3 is 11.7 Å². The molecule has 0 aliphatic heterocycles. The fourth-order valence-corrected chi connectivity index (χ4v) is 4.05. The van der Waals surface area contributed by atoms with Gasteiger partial charge in [-0.2, -0.15) is 0 Å².